The number of hydrogen-bond acceptors (Lipinski definition) is 6. The van der Waals surface area contributed by atoms with Crippen LogP contribution in [0.15, 0.2) is 66.7 Å². The topological polar surface area (TPSA) is 143 Å². The highest BCUT2D eigenvalue weighted by molar-refractivity contribution is 5.98. The normalized spacial score (nSPS) is 12.8. The van der Waals surface area contributed by atoms with Crippen LogP contribution in [0.2, 0.25) is 0 Å². The molecule has 5 amide bonds. The summed E-state index contributed by atoms with van der Waals surface area (Å²) in [6.07, 6.45) is 0.964. The molecule has 0 saturated heterocycles. The second kappa shape index (κ2) is 13.4. The summed E-state index contributed by atoms with van der Waals surface area (Å²) < 4.78 is 5.81. The van der Waals surface area contributed by atoms with Gasteiger partial charge in [0.1, 0.15) is 12.4 Å². The molecule has 10 heteroatoms. The molecule has 0 radical (unpaired) electrons. The van der Waals surface area contributed by atoms with Gasteiger partial charge in [-0.3, -0.25) is 19.7 Å². The van der Waals surface area contributed by atoms with Crippen LogP contribution in [0.25, 0.3) is 0 Å². The van der Waals surface area contributed by atoms with Gasteiger partial charge < -0.3 is 26.0 Å². The predicted octanol–water partition coefficient (Wildman–Crippen LogP) is 3.44. The van der Waals surface area contributed by atoms with Crippen molar-refractivity contribution in [3.8, 4) is 5.75 Å². The van der Waals surface area contributed by atoms with E-state index in [0.29, 0.717) is 56.1 Å². The molecule has 40 heavy (non-hydrogen) atoms. The van der Waals surface area contributed by atoms with E-state index in [1.807, 2.05) is 43.3 Å². The first-order valence-electron chi connectivity index (χ1n) is 13.1. The number of nitrogens with zero attached hydrogens (tertiary/aromatic N) is 1. The van der Waals surface area contributed by atoms with Gasteiger partial charge in [0.25, 0.3) is 5.91 Å². The number of nitrogens with one attached hydrogen (secondary N) is 3. The van der Waals surface area contributed by atoms with Gasteiger partial charge in [0.2, 0.25) is 12.3 Å². The highest BCUT2D eigenvalue weighted by atomic mass is 16.5. The summed E-state index contributed by atoms with van der Waals surface area (Å²) in [5.41, 5.74) is 10.7. The summed E-state index contributed by atoms with van der Waals surface area (Å²) in [6.45, 7) is 3.53. The van der Waals surface area contributed by atoms with Crippen molar-refractivity contribution in [3.63, 3.8) is 0 Å². The summed E-state index contributed by atoms with van der Waals surface area (Å²) in [6, 6.07) is 20.0. The number of fused-ring (bicyclic) bond motifs is 1. The molecule has 1 aliphatic heterocycles. The third-order valence-electron chi connectivity index (χ3n) is 6.77. The Morgan fingerprint density at radius 3 is 2.42 bits per heavy atom. The molecular weight excluding hydrogens is 510 g/mol. The quantitative estimate of drug-likeness (QED) is 0.258. The van der Waals surface area contributed by atoms with Crippen LogP contribution in [0, 0.1) is 0 Å². The van der Waals surface area contributed by atoms with Crippen molar-refractivity contribution in [1.29, 1.82) is 0 Å². The van der Waals surface area contributed by atoms with E-state index in [0.717, 1.165) is 22.3 Å². The van der Waals surface area contributed by atoms with E-state index in [-0.39, 0.29) is 30.3 Å². The van der Waals surface area contributed by atoms with Gasteiger partial charge in [0.05, 0.1) is 0 Å². The predicted molar refractivity (Wildman–Crippen MR) is 150 cm³/mol. The Morgan fingerprint density at radius 2 is 1.73 bits per heavy atom. The van der Waals surface area contributed by atoms with E-state index in [2.05, 4.69) is 16.0 Å². The molecule has 3 aromatic carbocycles. The van der Waals surface area contributed by atoms with E-state index < -0.39 is 0 Å². The van der Waals surface area contributed by atoms with Gasteiger partial charge in [-0.15, -0.1) is 0 Å². The molecule has 3 aromatic rings. The maximum absolute atomic E-state index is 12.8. The van der Waals surface area contributed by atoms with E-state index in [9.17, 15) is 19.2 Å². The average Bonchev–Trinajstić information content (AvgIpc) is 3.30. The van der Waals surface area contributed by atoms with Crippen LogP contribution in [0.1, 0.15) is 52.4 Å². The lowest BCUT2D eigenvalue weighted by Gasteiger charge is -2.23. The standard InChI is InChI=1S/C30H33N5O5/c1-20(2-13-28(37)33-19-36)35-17-24-14-23(7-12-27(24)29(35)38)16-32-30(39)34-25-8-10-26(11-9-25)40-18-22-5-3-21(15-31)4-6-22/h3-12,14,19-20H,2,13,15-18,31H2,1H3,(H2,32,34,39)(H,33,36,37). The van der Waals surface area contributed by atoms with Crippen molar-refractivity contribution in [2.75, 3.05) is 5.32 Å². The molecule has 0 saturated carbocycles. The Kier molecular flexibility index (Phi) is 9.48. The Hall–Kier alpha value is -4.70. The number of amides is 5. The molecule has 10 nitrogen and oxygen atoms in total. The molecule has 1 heterocycles. The number of ether oxygens (including phenoxy) is 1. The number of hydrogen-bond donors (Lipinski definition) is 4. The lowest BCUT2D eigenvalue weighted by Crippen LogP contribution is -2.34. The molecule has 208 valence electrons. The lowest BCUT2D eigenvalue weighted by molar-refractivity contribution is -0.125. The molecule has 4 rings (SSSR count). The Bertz CT molecular complexity index is 1360. The van der Waals surface area contributed by atoms with E-state index in [1.165, 1.54) is 0 Å². The molecular formula is C30H33N5O5. The Labute approximate surface area is 232 Å². The number of benzene rings is 3. The van der Waals surface area contributed by atoms with E-state index in [1.54, 1.807) is 35.2 Å². The molecule has 0 fully saturated rings. The molecule has 1 unspecified atom stereocenters. The van der Waals surface area contributed by atoms with E-state index >= 15 is 0 Å². The van der Waals surface area contributed by atoms with Crippen molar-refractivity contribution in [2.24, 2.45) is 5.73 Å². The summed E-state index contributed by atoms with van der Waals surface area (Å²) in [5, 5.41) is 7.75. The maximum atomic E-state index is 12.8. The maximum Gasteiger partial charge on any atom is 0.319 e. The van der Waals surface area contributed by atoms with Crippen molar-refractivity contribution in [1.82, 2.24) is 15.5 Å². The minimum absolute atomic E-state index is 0.0903. The smallest absolute Gasteiger partial charge is 0.319 e. The zero-order valence-corrected chi connectivity index (χ0v) is 22.3. The number of carbonyl (C=O) groups is 4. The highest BCUT2D eigenvalue weighted by Gasteiger charge is 2.30. The Morgan fingerprint density at radius 1 is 1.02 bits per heavy atom. The van der Waals surface area contributed by atoms with Crippen LogP contribution in [-0.4, -0.2) is 35.2 Å². The lowest BCUT2D eigenvalue weighted by atomic mass is 10.1. The van der Waals surface area contributed by atoms with Crippen molar-refractivity contribution >= 4 is 29.9 Å². The summed E-state index contributed by atoms with van der Waals surface area (Å²) in [4.78, 5) is 49.0. The fourth-order valence-electron chi connectivity index (χ4n) is 4.43. The zero-order valence-electron chi connectivity index (χ0n) is 22.3. The summed E-state index contributed by atoms with van der Waals surface area (Å²) >= 11 is 0. The van der Waals surface area contributed by atoms with Gasteiger partial charge >= 0.3 is 6.03 Å². The number of rotatable bonds is 12. The van der Waals surface area contributed by atoms with Gasteiger partial charge in [0, 0.05) is 43.3 Å². The first kappa shape index (κ1) is 28.3. The minimum Gasteiger partial charge on any atom is -0.489 e. The van der Waals surface area contributed by atoms with Gasteiger partial charge in [0.15, 0.2) is 0 Å². The third-order valence-corrected chi connectivity index (χ3v) is 6.77. The van der Waals surface area contributed by atoms with Crippen molar-refractivity contribution < 1.29 is 23.9 Å². The monoisotopic (exact) mass is 543 g/mol. The first-order chi connectivity index (χ1) is 19.4. The van der Waals surface area contributed by atoms with Crippen LogP contribution in [0.4, 0.5) is 10.5 Å². The van der Waals surface area contributed by atoms with Crippen LogP contribution < -0.4 is 26.4 Å². The molecule has 0 spiro atoms. The average molecular weight is 544 g/mol. The van der Waals surface area contributed by atoms with Gasteiger partial charge in [-0.05, 0) is 65.9 Å². The SMILES string of the molecule is CC(CCC(=O)NC=O)N1Cc2cc(CNC(=O)Nc3ccc(OCc4ccc(CN)cc4)cc3)ccc2C1=O. The van der Waals surface area contributed by atoms with Crippen LogP contribution in [0.3, 0.4) is 0 Å². The molecule has 0 aliphatic carbocycles. The number of urea groups is 1. The van der Waals surface area contributed by atoms with Crippen molar-refractivity contribution in [3.05, 3.63) is 94.5 Å². The molecule has 5 N–H and O–H groups in total. The molecule has 0 bridgehead atoms. The summed E-state index contributed by atoms with van der Waals surface area (Å²) in [7, 11) is 0. The number of anilines is 1. The molecule has 1 atom stereocenters. The van der Waals surface area contributed by atoms with Crippen LogP contribution >= 0.6 is 0 Å². The minimum atomic E-state index is -0.369. The largest absolute Gasteiger partial charge is 0.489 e. The second-order valence-corrected chi connectivity index (χ2v) is 9.64. The second-order valence-electron chi connectivity index (χ2n) is 9.64. The fourth-order valence-corrected chi connectivity index (χ4v) is 4.43. The van der Waals surface area contributed by atoms with Crippen LogP contribution in [0.5, 0.6) is 5.75 Å². The van der Waals surface area contributed by atoms with Gasteiger partial charge in [-0.2, -0.15) is 0 Å². The van der Waals surface area contributed by atoms with Gasteiger partial charge in [-0.1, -0.05) is 36.4 Å². The Balaban J connectivity index is 1.23. The molecule has 1 aliphatic rings. The zero-order chi connectivity index (χ0) is 28.5. The van der Waals surface area contributed by atoms with Crippen LogP contribution in [-0.2, 0) is 35.8 Å². The first-order valence-corrected chi connectivity index (χ1v) is 13.1. The van der Waals surface area contributed by atoms with Gasteiger partial charge in [-0.25, -0.2) is 4.79 Å². The highest BCUT2D eigenvalue weighted by Crippen LogP contribution is 2.27. The number of imide groups is 1. The fraction of sp³-hybridized carbons (Fsp3) is 0.267. The number of nitrogens with two attached hydrogens (primary N) is 1. The molecule has 0 aromatic heterocycles. The number of carbonyl (C=O) groups excluding carboxylic acids is 4. The van der Waals surface area contributed by atoms with E-state index in [4.69, 9.17) is 10.5 Å². The van der Waals surface area contributed by atoms with Crippen molar-refractivity contribution in [2.45, 2.75) is 52.0 Å². The third kappa shape index (κ3) is 7.45. The summed E-state index contributed by atoms with van der Waals surface area (Å²) in [5.74, 6) is 0.230.